The van der Waals surface area contributed by atoms with Gasteiger partial charge in [0, 0.05) is 0 Å². The van der Waals surface area contributed by atoms with Crippen molar-refractivity contribution in [3.8, 4) is 0 Å². The van der Waals surface area contributed by atoms with Crippen molar-refractivity contribution in [3.05, 3.63) is 48.7 Å². The Morgan fingerprint density at radius 1 is 0.478 bits per heavy atom. The molecule has 1 aromatic rings. The summed E-state index contributed by atoms with van der Waals surface area (Å²) in [6, 6.07) is 7.15. The molecule has 1 heteroatoms. The van der Waals surface area contributed by atoms with Crippen LogP contribution in [0, 0.1) is 13.8 Å². The van der Waals surface area contributed by atoms with E-state index in [2.05, 4.69) is 94.4 Å². The van der Waals surface area contributed by atoms with Crippen molar-refractivity contribution in [2.24, 2.45) is 0 Å². The summed E-state index contributed by atoms with van der Waals surface area (Å²) in [5.41, 5.74) is 4.96. The van der Waals surface area contributed by atoms with Gasteiger partial charge < -0.3 is 13.8 Å². The van der Waals surface area contributed by atoms with Crippen LogP contribution < -0.4 is 0 Å². The monoisotopic (exact) mass is 368 g/mol. The minimum atomic E-state index is 0. The molecular formula is C22H40Zn. The van der Waals surface area contributed by atoms with E-state index in [1.807, 2.05) is 0 Å². The van der Waals surface area contributed by atoms with E-state index in [0.29, 0.717) is 0 Å². The fraction of sp³-hybridized carbons (Fsp3) is 0.636. The van der Waals surface area contributed by atoms with Gasteiger partial charge in [-0.2, -0.15) is 13.8 Å². The molecule has 0 aromatic heterocycles. The molecule has 0 heterocycles. The van der Waals surface area contributed by atoms with Crippen molar-refractivity contribution < 1.29 is 19.5 Å². The summed E-state index contributed by atoms with van der Waals surface area (Å²) in [4.78, 5) is 0. The Morgan fingerprint density at radius 2 is 0.609 bits per heavy atom. The zero-order valence-electron chi connectivity index (χ0n) is 17.9. The molecule has 0 N–H and O–H groups in total. The normalized spacial score (nSPS) is 11.3. The van der Waals surface area contributed by atoms with Gasteiger partial charge in [0.2, 0.25) is 0 Å². The third kappa shape index (κ3) is 9.66. The second kappa shape index (κ2) is 10.7. The first-order chi connectivity index (χ1) is 9.82. The van der Waals surface area contributed by atoms with Crippen LogP contribution in [0.4, 0.5) is 0 Å². The van der Waals surface area contributed by atoms with Gasteiger partial charge in [0.05, 0.1) is 0 Å². The zero-order chi connectivity index (χ0) is 18.4. The van der Waals surface area contributed by atoms with E-state index in [1.165, 1.54) is 16.7 Å². The van der Waals surface area contributed by atoms with Crippen LogP contribution in [0.1, 0.15) is 92.9 Å². The van der Waals surface area contributed by atoms with Crippen molar-refractivity contribution in [1.29, 1.82) is 0 Å². The second-order valence-corrected chi connectivity index (χ2v) is 8.55. The average molecular weight is 370 g/mol. The van der Waals surface area contributed by atoms with Crippen LogP contribution in [0.25, 0.3) is 0 Å². The molecule has 130 valence electrons. The third-order valence-corrected chi connectivity index (χ3v) is 3.53. The molecule has 23 heavy (non-hydrogen) atoms. The minimum absolute atomic E-state index is 0. The SMILES string of the molecule is CC(C)(C)c1cc(C(C)(C)C)cc(C(C)(C)C)c1.[CH2-]C.[CH2-]C.[Zn+2]. The van der Waals surface area contributed by atoms with Crippen molar-refractivity contribution >= 4 is 0 Å². The van der Waals surface area contributed by atoms with Gasteiger partial charge >= 0.3 is 19.5 Å². The molecule has 0 fully saturated rings. The largest absolute Gasteiger partial charge is 2.00 e. The van der Waals surface area contributed by atoms with Crippen LogP contribution in [0.2, 0.25) is 0 Å². The Hall–Kier alpha value is -0.157. The number of hydrogen-bond donors (Lipinski definition) is 0. The molecule has 0 spiro atoms. The molecule has 0 nitrogen and oxygen atoms in total. The summed E-state index contributed by atoms with van der Waals surface area (Å²) in [5, 5.41) is 0. The summed E-state index contributed by atoms with van der Waals surface area (Å²) in [6.07, 6.45) is 0. The Morgan fingerprint density at radius 3 is 0.696 bits per heavy atom. The van der Waals surface area contributed by atoms with Crippen molar-refractivity contribution in [3.63, 3.8) is 0 Å². The molecule has 0 atom stereocenters. The van der Waals surface area contributed by atoms with Crippen LogP contribution in [0.5, 0.6) is 0 Å². The molecule has 0 aliphatic heterocycles. The first-order valence-corrected chi connectivity index (χ1v) is 8.40. The molecule has 0 aliphatic rings. The van der Waals surface area contributed by atoms with Gasteiger partial charge in [-0.1, -0.05) is 80.5 Å². The number of benzene rings is 1. The topological polar surface area (TPSA) is 0 Å². The quantitative estimate of drug-likeness (QED) is 0.333. The summed E-state index contributed by atoms with van der Waals surface area (Å²) in [6.45, 7) is 30.6. The standard InChI is InChI=1S/C18H30.2C2H5.Zn/c1-16(2,3)13-10-14(17(4,5)6)12-15(11-13)18(7,8)9;2*1-2;/h10-12H,1-9H3;2*1H2,2H3;/q;2*-1;+2. The summed E-state index contributed by atoms with van der Waals surface area (Å²) < 4.78 is 0. The summed E-state index contributed by atoms with van der Waals surface area (Å²) in [7, 11) is 0. The van der Waals surface area contributed by atoms with Gasteiger partial charge in [-0.25, -0.2) is 0 Å². The van der Waals surface area contributed by atoms with Crippen LogP contribution in [-0.4, -0.2) is 0 Å². The zero-order valence-corrected chi connectivity index (χ0v) is 20.8. The fourth-order valence-electron chi connectivity index (χ4n) is 1.93. The Kier molecular flexibility index (Phi) is 12.8. The molecule has 0 aliphatic carbocycles. The average Bonchev–Trinajstić information content (AvgIpc) is 2.40. The number of rotatable bonds is 0. The van der Waals surface area contributed by atoms with Crippen molar-refractivity contribution in [2.75, 3.05) is 0 Å². The Bertz CT molecular complexity index is 344. The van der Waals surface area contributed by atoms with Gasteiger partial charge in [-0.3, -0.25) is 0 Å². The van der Waals surface area contributed by atoms with Gasteiger partial charge in [0.15, 0.2) is 0 Å². The minimum Gasteiger partial charge on any atom is -0.346 e. The van der Waals surface area contributed by atoms with E-state index in [0.717, 1.165) is 0 Å². The predicted molar refractivity (Wildman–Crippen MR) is 105 cm³/mol. The second-order valence-electron chi connectivity index (χ2n) is 8.55. The molecule has 0 amide bonds. The first-order valence-electron chi connectivity index (χ1n) is 8.40. The van der Waals surface area contributed by atoms with E-state index in [-0.39, 0.29) is 35.7 Å². The molecule has 0 saturated carbocycles. The molecule has 0 bridgehead atoms. The maximum absolute atomic E-state index is 3.25. The van der Waals surface area contributed by atoms with Crippen molar-refractivity contribution in [1.82, 2.24) is 0 Å². The van der Waals surface area contributed by atoms with Crippen LogP contribution >= 0.6 is 0 Å². The van der Waals surface area contributed by atoms with E-state index >= 15 is 0 Å². The van der Waals surface area contributed by atoms with Crippen molar-refractivity contribution in [2.45, 2.75) is 92.4 Å². The molecular weight excluding hydrogens is 330 g/mol. The van der Waals surface area contributed by atoms with E-state index < -0.39 is 0 Å². The molecule has 0 unspecified atom stereocenters. The first kappa shape index (κ1) is 27.7. The van der Waals surface area contributed by atoms with E-state index in [4.69, 9.17) is 0 Å². The Balaban J connectivity index is -0.000000739. The molecule has 1 rings (SSSR count). The molecule has 0 radical (unpaired) electrons. The third-order valence-electron chi connectivity index (χ3n) is 3.53. The number of hydrogen-bond acceptors (Lipinski definition) is 0. The smallest absolute Gasteiger partial charge is 0.346 e. The van der Waals surface area contributed by atoms with Gasteiger partial charge in [-0.05, 0) is 32.9 Å². The summed E-state index contributed by atoms with van der Waals surface area (Å²) >= 11 is 0. The van der Waals surface area contributed by atoms with Crippen LogP contribution in [0.15, 0.2) is 18.2 Å². The van der Waals surface area contributed by atoms with E-state index in [1.54, 1.807) is 13.8 Å². The van der Waals surface area contributed by atoms with Gasteiger partial charge in [0.1, 0.15) is 0 Å². The Labute approximate surface area is 160 Å². The molecule has 1 aromatic carbocycles. The fourth-order valence-corrected chi connectivity index (χ4v) is 1.93. The maximum atomic E-state index is 3.25. The predicted octanol–water partition coefficient (Wildman–Crippen LogP) is 7.26. The van der Waals surface area contributed by atoms with Gasteiger partial charge in [0.25, 0.3) is 0 Å². The molecule has 0 saturated heterocycles. The summed E-state index contributed by atoms with van der Waals surface area (Å²) in [5.74, 6) is 0. The van der Waals surface area contributed by atoms with Crippen LogP contribution in [0.3, 0.4) is 0 Å². The van der Waals surface area contributed by atoms with Crippen LogP contribution in [-0.2, 0) is 35.7 Å². The van der Waals surface area contributed by atoms with E-state index in [9.17, 15) is 0 Å². The van der Waals surface area contributed by atoms with Gasteiger partial charge in [-0.15, -0.1) is 0 Å². The maximum Gasteiger partial charge on any atom is 2.00 e.